The number of carbonyl (C=O) groups is 3. The molecule has 0 aliphatic rings. The molecular formula is C58H107O11P. The van der Waals surface area contributed by atoms with Crippen molar-refractivity contribution in [1.82, 2.24) is 0 Å². The molecule has 0 saturated carbocycles. The zero-order valence-electron chi connectivity index (χ0n) is 45.2. The van der Waals surface area contributed by atoms with Gasteiger partial charge in [-0.2, -0.15) is 0 Å². The fourth-order valence-corrected chi connectivity index (χ4v) is 8.88. The molecule has 11 nitrogen and oxygen atoms in total. The van der Waals surface area contributed by atoms with E-state index in [0.29, 0.717) is 19.3 Å². The van der Waals surface area contributed by atoms with Crippen molar-refractivity contribution >= 4 is 25.7 Å². The molecule has 0 radical (unpaired) electrons. The highest BCUT2D eigenvalue weighted by Crippen LogP contribution is 2.43. The standard InChI is InChI=1S/C58H107O11P/c1-4-7-10-13-16-19-22-25-26-27-28-31-34-37-40-43-46-49-58(62)69-55(51-65-56(60)47-44-41-38-35-32-29-23-20-17-14-11-8-5-2)53-67-70(63,64)66-52-54(50-59)68-57(61)48-45-42-39-36-33-30-24-21-18-15-12-9-6-3/h12,15,20-21,23-24,54-55,59H,4-11,13-14,16-19,22,25-53H2,1-3H3,(H,63,64)/b15-12-,23-20-,24-21-. The second-order valence-corrected chi connectivity index (χ2v) is 20.9. The number of ether oxygens (including phenoxy) is 3. The molecule has 0 saturated heterocycles. The molecule has 3 atom stereocenters. The van der Waals surface area contributed by atoms with Crippen LogP contribution in [0.4, 0.5) is 0 Å². The Morgan fingerprint density at radius 3 is 1.14 bits per heavy atom. The summed E-state index contributed by atoms with van der Waals surface area (Å²) in [6.07, 6.45) is 53.9. The van der Waals surface area contributed by atoms with Gasteiger partial charge in [-0.25, -0.2) is 4.57 Å². The van der Waals surface area contributed by atoms with Crippen LogP contribution in [0.2, 0.25) is 0 Å². The van der Waals surface area contributed by atoms with Gasteiger partial charge in [-0.05, 0) is 70.6 Å². The van der Waals surface area contributed by atoms with Crippen molar-refractivity contribution in [2.24, 2.45) is 0 Å². The topological polar surface area (TPSA) is 155 Å². The molecule has 3 unspecified atom stereocenters. The zero-order valence-corrected chi connectivity index (χ0v) is 46.1. The Kier molecular flexibility index (Phi) is 51.3. The lowest BCUT2D eigenvalue weighted by atomic mass is 10.0. The molecule has 0 aromatic heterocycles. The number of allylic oxidation sites excluding steroid dienone is 6. The summed E-state index contributed by atoms with van der Waals surface area (Å²) in [4.78, 5) is 48.5. The van der Waals surface area contributed by atoms with Crippen LogP contribution in [0.1, 0.15) is 278 Å². The minimum Gasteiger partial charge on any atom is -0.462 e. The molecule has 12 heteroatoms. The van der Waals surface area contributed by atoms with Crippen LogP contribution in [-0.4, -0.2) is 66.5 Å². The summed E-state index contributed by atoms with van der Waals surface area (Å²) in [7, 11) is -4.74. The molecular weight excluding hydrogens is 904 g/mol. The van der Waals surface area contributed by atoms with Crippen LogP contribution < -0.4 is 0 Å². The van der Waals surface area contributed by atoms with E-state index in [0.717, 1.165) is 103 Å². The van der Waals surface area contributed by atoms with E-state index in [1.54, 1.807) is 0 Å². The number of phosphoric ester groups is 1. The molecule has 0 aliphatic heterocycles. The third-order valence-electron chi connectivity index (χ3n) is 12.5. The molecule has 0 rings (SSSR count). The van der Waals surface area contributed by atoms with Crippen molar-refractivity contribution in [3.8, 4) is 0 Å². The van der Waals surface area contributed by atoms with E-state index in [-0.39, 0.29) is 25.9 Å². The summed E-state index contributed by atoms with van der Waals surface area (Å²) < 4.78 is 39.5. The number of aliphatic hydroxyl groups excluding tert-OH is 1. The molecule has 0 spiro atoms. The Hall–Kier alpha value is -2.30. The number of hydrogen-bond donors (Lipinski definition) is 2. The van der Waals surface area contributed by atoms with E-state index < -0.39 is 57.8 Å². The van der Waals surface area contributed by atoms with Crippen LogP contribution in [0.15, 0.2) is 36.5 Å². The normalized spacial score (nSPS) is 13.6. The Balaban J connectivity index is 4.70. The van der Waals surface area contributed by atoms with E-state index in [1.807, 2.05) is 0 Å². The Morgan fingerprint density at radius 2 is 0.729 bits per heavy atom. The van der Waals surface area contributed by atoms with Gasteiger partial charge in [0.1, 0.15) is 12.7 Å². The number of esters is 3. The van der Waals surface area contributed by atoms with Gasteiger partial charge < -0.3 is 24.2 Å². The van der Waals surface area contributed by atoms with Crippen molar-refractivity contribution < 1.29 is 52.2 Å². The molecule has 0 aromatic carbocycles. The summed E-state index contributed by atoms with van der Waals surface area (Å²) in [6.45, 7) is 4.58. The minimum atomic E-state index is -4.74. The van der Waals surface area contributed by atoms with E-state index >= 15 is 0 Å². The number of carbonyl (C=O) groups excluding carboxylic acids is 3. The van der Waals surface area contributed by atoms with Crippen LogP contribution in [0.3, 0.4) is 0 Å². The van der Waals surface area contributed by atoms with Gasteiger partial charge in [-0.1, -0.05) is 224 Å². The maximum Gasteiger partial charge on any atom is 0.472 e. The largest absolute Gasteiger partial charge is 0.472 e. The lowest BCUT2D eigenvalue weighted by molar-refractivity contribution is -0.161. The van der Waals surface area contributed by atoms with Gasteiger partial charge in [0, 0.05) is 19.3 Å². The third-order valence-corrected chi connectivity index (χ3v) is 13.5. The van der Waals surface area contributed by atoms with E-state index in [4.69, 9.17) is 23.3 Å². The zero-order chi connectivity index (χ0) is 51.3. The molecule has 0 bridgehead atoms. The summed E-state index contributed by atoms with van der Waals surface area (Å²) in [5.41, 5.74) is 0. The fraction of sp³-hybridized carbons (Fsp3) is 0.845. The van der Waals surface area contributed by atoms with Gasteiger partial charge in [0.15, 0.2) is 6.10 Å². The lowest BCUT2D eigenvalue weighted by Crippen LogP contribution is -2.30. The van der Waals surface area contributed by atoms with Crippen molar-refractivity contribution in [1.29, 1.82) is 0 Å². The van der Waals surface area contributed by atoms with Gasteiger partial charge in [-0.15, -0.1) is 0 Å². The average molecular weight is 1010 g/mol. The monoisotopic (exact) mass is 1010 g/mol. The molecule has 0 fully saturated rings. The van der Waals surface area contributed by atoms with E-state index in [1.165, 1.54) is 116 Å². The predicted molar refractivity (Wildman–Crippen MR) is 289 cm³/mol. The Bertz CT molecular complexity index is 1320. The fourth-order valence-electron chi connectivity index (χ4n) is 8.10. The molecule has 0 aliphatic carbocycles. The Labute approximate surface area is 429 Å². The highest BCUT2D eigenvalue weighted by Gasteiger charge is 2.28. The average Bonchev–Trinajstić information content (AvgIpc) is 3.35. The third kappa shape index (κ3) is 50.6. The van der Waals surface area contributed by atoms with Crippen LogP contribution in [0.25, 0.3) is 0 Å². The highest BCUT2D eigenvalue weighted by molar-refractivity contribution is 7.47. The van der Waals surface area contributed by atoms with Crippen molar-refractivity contribution in [2.75, 3.05) is 26.4 Å². The van der Waals surface area contributed by atoms with Crippen LogP contribution >= 0.6 is 7.82 Å². The van der Waals surface area contributed by atoms with Gasteiger partial charge in [0.05, 0.1) is 19.8 Å². The first-order chi connectivity index (χ1) is 34.2. The summed E-state index contributed by atoms with van der Waals surface area (Å²) >= 11 is 0. The molecule has 0 amide bonds. The smallest absolute Gasteiger partial charge is 0.462 e. The molecule has 0 heterocycles. The molecule has 70 heavy (non-hydrogen) atoms. The number of rotatable bonds is 54. The molecule has 2 N–H and O–H groups in total. The van der Waals surface area contributed by atoms with Crippen LogP contribution in [-0.2, 0) is 42.2 Å². The summed E-state index contributed by atoms with van der Waals surface area (Å²) in [5, 5.41) is 9.80. The minimum absolute atomic E-state index is 0.163. The number of unbranched alkanes of at least 4 members (excludes halogenated alkanes) is 31. The Morgan fingerprint density at radius 1 is 0.400 bits per heavy atom. The molecule has 0 aromatic rings. The number of phosphoric acid groups is 1. The maximum absolute atomic E-state index is 12.9. The van der Waals surface area contributed by atoms with Crippen LogP contribution in [0, 0.1) is 0 Å². The quantitative estimate of drug-likeness (QED) is 0.0197. The van der Waals surface area contributed by atoms with E-state index in [9.17, 15) is 28.9 Å². The van der Waals surface area contributed by atoms with Crippen LogP contribution in [0.5, 0.6) is 0 Å². The van der Waals surface area contributed by atoms with Gasteiger partial charge in [-0.3, -0.25) is 23.4 Å². The lowest BCUT2D eigenvalue weighted by Gasteiger charge is -2.21. The number of aliphatic hydroxyl groups is 1. The SMILES string of the molecule is CCC/C=C\C/C=C\CCCCCCCC(=O)OC(CO)COP(=O)(O)OCC(COC(=O)CCCCCCC/C=C\CCCCCC)OC(=O)CCCCCCCCCCCCCCCCCCC. The number of hydrogen-bond acceptors (Lipinski definition) is 10. The predicted octanol–water partition coefficient (Wildman–Crippen LogP) is 16.8. The van der Waals surface area contributed by atoms with Gasteiger partial charge in [0.2, 0.25) is 0 Å². The van der Waals surface area contributed by atoms with E-state index in [2.05, 4.69) is 57.2 Å². The van der Waals surface area contributed by atoms with Gasteiger partial charge >= 0.3 is 25.7 Å². The second kappa shape index (κ2) is 53.0. The first-order valence-corrected chi connectivity index (χ1v) is 30.4. The summed E-state index contributed by atoms with van der Waals surface area (Å²) in [6, 6.07) is 0. The summed E-state index contributed by atoms with van der Waals surface area (Å²) in [5.74, 6) is -1.47. The highest BCUT2D eigenvalue weighted by atomic mass is 31.2. The second-order valence-electron chi connectivity index (χ2n) is 19.5. The first kappa shape index (κ1) is 67.7. The maximum atomic E-state index is 12.9. The van der Waals surface area contributed by atoms with Crippen molar-refractivity contribution in [3.63, 3.8) is 0 Å². The van der Waals surface area contributed by atoms with Crippen molar-refractivity contribution in [2.45, 2.75) is 290 Å². The molecule has 410 valence electrons. The first-order valence-electron chi connectivity index (χ1n) is 28.9. The van der Waals surface area contributed by atoms with Gasteiger partial charge in [0.25, 0.3) is 0 Å². The van der Waals surface area contributed by atoms with Crippen molar-refractivity contribution in [3.05, 3.63) is 36.5 Å².